The fourth-order valence-corrected chi connectivity index (χ4v) is 6.44. The van der Waals surface area contributed by atoms with E-state index in [2.05, 4.69) is 10.6 Å². The largest absolute Gasteiger partial charge is 0.509 e. The molecule has 0 saturated carbocycles. The number of nitrogens with one attached hydrogen (secondary N) is 2. The Morgan fingerprint density at radius 2 is 1.71 bits per heavy atom. The van der Waals surface area contributed by atoms with E-state index in [1.165, 1.54) is 11.0 Å². The average molecular weight is 577 g/mol. The maximum atomic E-state index is 13.1. The second-order valence-corrected chi connectivity index (χ2v) is 11.1. The molecule has 0 radical (unpaired) electrons. The summed E-state index contributed by atoms with van der Waals surface area (Å²) in [6, 6.07) is 11.2. The fourth-order valence-electron chi connectivity index (χ4n) is 6.44. The molecule has 4 atom stereocenters. The SMILES string of the molecule is CN(C)[C@@H]1C(=O)C(C(N)=O)=C(O)C2(O)C(O)=C3Cc4c(ccc(NC(=O)C(=O)NCc5ccccc5)c4O)CC3CC12. The summed E-state index contributed by atoms with van der Waals surface area (Å²) in [5.74, 6) is -7.11. The Labute approximate surface area is 241 Å². The van der Waals surface area contributed by atoms with Gasteiger partial charge in [-0.05, 0) is 55.6 Å². The number of likely N-dealkylation sites (N-methyl/N-ethyl adjacent to an activating group) is 1. The van der Waals surface area contributed by atoms with Crippen molar-refractivity contribution in [2.45, 2.75) is 37.5 Å². The van der Waals surface area contributed by atoms with Gasteiger partial charge in [-0.25, -0.2) is 0 Å². The van der Waals surface area contributed by atoms with E-state index in [9.17, 15) is 39.6 Å². The first-order chi connectivity index (χ1) is 19.9. The van der Waals surface area contributed by atoms with Crippen LogP contribution in [0.5, 0.6) is 5.75 Å². The number of hydrogen-bond acceptors (Lipinski definition) is 9. The lowest BCUT2D eigenvalue weighted by Gasteiger charge is -2.50. The number of carbonyl (C=O) groups is 4. The summed E-state index contributed by atoms with van der Waals surface area (Å²) in [4.78, 5) is 51.7. The number of hydrogen-bond donors (Lipinski definition) is 7. The second kappa shape index (κ2) is 10.6. The molecule has 3 unspecified atom stereocenters. The number of allylic oxidation sites excluding steroid dienone is 1. The number of rotatable bonds is 5. The number of ketones is 1. The van der Waals surface area contributed by atoms with Crippen molar-refractivity contribution in [3.63, 3.8) is 0 Å². The summed E-state index contributed by atoms with van der Waals surface area (Å²) in [7, 11) is 3.18. The number of fused-ring (bicyclic) bond motifs is 3. The number of phenols is 1. The van der Waals surface area contributed by atoms with Crippen LogP contribution in [0.3, 0.4) is 0 Å². The lowest BCUT2D eigenvalue weighted by Crippen LogP contribution is -2.62. The van der Waals surface area contributed by atoms with E-state index in [0.29, 0.717) is 23.1 Å². The summed E-state index contributed by atoms with van der Waals surface area (Å²) in [6.07, 6.45) is 0.444. The van der Waals surface area contributed by atoms with Gasteiger partial charge in [0.15, 0.2) is 11.4 Å². The molecule has 3 aliphatic rings. The van der Waals surface area contributed by atoms with Crippen molar-refractivity contribution >= 4 is 29.2 Å². The summed E-state index contributed by atoms with van der Waals surface area (Å²) in [6.45, 7) is 0.140. The molecule has 0 aliphatic heterocycles. The molecule has 0 spiro atoms. The fraction of sp³-hybridized carbons (Fsp3) is 0.333. The summed E-state index contributed by atoms with van der Waals surface area (Å²) >= 11 is 0. The minimum Gasteiger partial charge on any atom is -0.509 e. The first-order valence-electron chi connectivity index (χ1n) is 13.4. The molecule has 0 heterocycles. The Balaban J connectivity index is 1.44. The van der Waals surface area contributed by atoms with Crippen LogP contribution in [0.1, 0.15) is 23.1 Å². The zero-order valence-electron chi connectivity index (χ0n) is 23.0. The number of phenolic OH excluding ortho intramolecular Hbond substituents is 1. The van der Waals surface area contributed by atoms with E-state index < -0.39 is 58.2 Å². The molecule has 8 N–H and O–H groups in total. The summed E-state index contributed by atoms with van der Waals surface area (Å²) in [5.41, 5.74) is 4.32. The van der Waals surface area contributed by atoms with Crippen molar-refractivity contribution in [2.75, 3.05) is 19.4 Å². The van der Waals surface area contributed by atoms with Crippen molar-refractivity contribution in [2.24, 2.45) is 17.6 Å². The third-order valence-electron chi connectivity index (χ3n) is 8.49. The standard InChI is InChI=1S/C30H32N4O8/c1-34(2)22-19-11-16-10-15-8-9-20(33-29(41)28(40)32-13-14-6-4-3-5-7-14)23(35)17(15)12-18(16)25(37)30(19,42)26(38)21(24(22)36)27(31)39/h3-9,16,19,22,35,37-38,42H,10-13H2,1-2H3,(H2,31,39)(H,32,40)(H,33,41)/t16?,19?,22-,30?/m0/s1. The van der Waals surface area contributed by atoms with Crippen molar-refractivity contribution in [3.05, 3.63) is 81.8 Å². The van der Waals surface area contributed by atoms with Gasteiger partial charge < -0.3 is 36.8 Å². The number of aliphatic hydroxyl groups is 3. The number of nitrogens with two attached hydrogens (primary N) is 1. The Morgan fingerprint density at radius 1 is 1.02 bits per heavy atom. The number of aromatic hydroxyl groups is 1. The number of Topliss-reactive ketones (excluding diaryl/α,β-unsaturated/α-hetero) is 1. The van der Waals surface area contributed by atoms with E-state index in [4.69, 9.17) is 5.73 Å². The number of amides is 3. The van der Waals surface area contributed by atoms with E-state index in [1.54, 1.807) is 44.4 Å². The van der Waals surface area contributed by atoms with Crippen molar-refractivity contribution in [3.8, 4) is 5.75 Å². The first-order valence-corrected chi connectivity index (χ1v) is 13.4. The van der Waals surface area contributed by atoms with Crippen molar-refractivity contribution in [1.29, 1.82) is 0 Å². The lowest BCUT2D eigenvalue weighted by atomic mass is 9.59. The van der Waals surface area contributed by atoms with Gasteiger partial charge in [0.1, 0.15) is 22.8 Å². The molecular weight excluding hydrogens is 544 g/mol. The summed E-state index contributed by atoms with van der Waals surface area (Å²) in [5, 5.41) is 50.1. The molecule has 2 aromatic rings. The number of carbonyl (C=O) groups excluding carboxylic acids is 4. The number of nitrogens with zero attached hydrogens (tertiary/aromatic N) is 1. The monoisotopic (exact) mass is 576 g/mol. The zero-order chi connectivity index (χ0) is 30.5. The Morgan fingerprint density at radius 3 is 2.36 bits per heavy atom. The normalized spacial score (nSPS) is 25.0. The van der Waals surface area contributed by atoms with Crippen LogP contribution in [0.15, 0.2) is 65.1 Å². The van der Waals surface area contributed by atoms with Crippen LogP contribution < -0.4 is 16.4 Å². The van der Waals surface area contributed by atoms with Crippen LogP contribution in [0, 0.1) is 11.8 Å². The molecule has 0 aromatic heterocycles. The van der Waals surface area contributed by atoms with E-state index in [-0.39, 0.29) is 36.7 Å². The molecule has 3 aliphatic carbocycles. The Kier molecular flexibility index (Phi) is 7.29. The zero-order valence-corrected chi connectivity index (χ0v) is 23.0. The van der Waals surface area contributed by atoms with E-state index >= 15 is 0 Å². The van der Waals surface area contributed by atoms with Gasteiger partial charge in [0.05, 0.1) is 11.7 Å². The molecular formula is C30H32N4O8. The lowest BCUT2D eigenvalue weighted by molar-refractivity contribution is -0.136. The molecule has 0 fully saturated rings. The molecule has 220 valence electrons. The molecule has 12 nitrogen and oxygen atoms in total. The van der Waals surface area contributed by atoms with Crippen LogP contribution in [-0.4, -0.2) is 74.6 Å². The van der Waals surface area contributed by atoms with Gasteiger partial charge in [-0.15, -0.1) is 0 Å². The van der Waals surface area contributed by atoms with Gasteiger partial charge >= 0.3 is 11.8 Å². The molecule has 5 rings (SSSR count). The molecule has 42 heavy (non-hydrogen) atoms. The van der Waals surface area contributed by atoms with Crippen LogP contribution in [0.4, 0.5) is 5.69 Å². The Bertz CT molecular complexity index is 1560. The third-order valence-corrected chi connectivity index (χ3v) is 8.49. The van der Waals surface area contributed by atoms with E-state index in [0.717, 1.165) is 5.56 Å². The highest BCUT2D eigenvalue weighted by Crippen LogP contribution is 2.53. The highest BCUT2D eigenvalue weighted by molar-refractivity contribution is 6.39. The first kappa shape index (κ1) is 28.8. The predicted molar refractivity (Wildman–Crippen MR) is 150 cm³/mol. The van der Waals surface area contributed by atoms with Crippen molar-refractivity contribution < 1.29 is 39.6 Å². The van der Waals surface area contributed by atoms with Gasteiger partial charge in [0, 0.05) is 24.4 Å². The maximum Gasteiger partial charge on any atom is 0.313 e. The molecule has 12 heteroatoms. The highest BCUT2D eigenvalue weighted by Gasteiger charge is 2.61. The topological polar surface area (TPSA) is 203 Å². The van der Waals surface area contributed by atoms with Crippen molar-refractivity contribution in [1.82, 2.24) is 10.2 Å². The minimum absolute atomic E-state index is 0.0192. The van der Waals surface area contributed by atoms with Gasteiger partial charge in [-0.3, -0.25) is 24.1 Å². The van der Waals surface area contributed by atoms with Crippen LogP contribution in [-0.2, 0) is 38.6 Å². The average Bonchev–Trinajstić information content (AvgIpc) is 2.95. The van der Waals surface area contributed by atoms with Crippen LogP contribution in [0.2, 0.25) is 0 Å². The van der Waals surface area contributed by atoms with Crippen LogP contribution in [0.25, 0.3) is 0 Å². The van der Waals surface area contributed by atoms with Gasteiger partial charge in [0.2, 0.25) is 0 Å². The van der Waals surface area contributed by atoms with Gasteiger partial charge in [0.25, 0.3) is 5.91 Å². The number of aliphatic hydroxyl groups excluding tert-OH is 2. The molecule has 3 amide bonds. The molecule has 0 saturated heterocycles. The number of anilines is 1. The van der Waals surface area contributed by atoms with Gasteiger partial charge in [-0.1, -0.05) is 36.4 Å². The molecule has 0 bridgehead atoms. The summed E-state index contributed by atoms with van der Waals surface area (Å²) < 4.78 is 0. The highest BCUT2D eigenvalue weighted by atomic mass is 16.4. The quantitative estimate of drug-likeness (QED) is 0.152. The second-order valence-electron chi connectivity index (χ2n) is 11.1. The maximum absolute atomic E-state index is 13.1. The Hall–Kier alpha value is -4.68. The number of benzene rings is 2. The predicted octanol–water partition coefficient (Wildman–Crippen LogP) is 0.735. The smallest absolute Gasteiger partial charge is 0.313 e. The van der Waals surface area contributed by atoms with E-state index in [1.807, 2.05) is 6.07 Å². The molecule has 2 aromatic carbocycles. The number of primary amides is 1. The third kappa shape index (κ3) is 4.58. The van der Waals surface area contributed by atoms with Crippen LogP contribution >= 0.6 is 0 Å². The minimum atomic E-state index is -2.45. The van der Waals surface area contributed by atoms with Gasteiger partial charge in [-0.2, -0.15) is 0 Å².